The highest BCUT2D eigenvalue weighted by molar-refractivity contribution is 5.85. The molecular weight excluding hydrogens is 322 g/mol. The van der Waals surface area contributed by atoms with Gasteiger partial charge in [0.25, 0.3) is 0 Å². The molecule has 0 aromatic heterocycles. The third-order valence-electron chi connectivity index (χ3n) is 5.71. The van der Waals surface area contributed by atoms with Crippen molar-refractivity contribution in [3.05, 3.63) is 65.2 Å². The zero-order valence-electron chi connectivity index (χ0n) is 15.7. The minimum atomic E-state index is -0.0341. The van der Waals surface area contributed by atoms with E-state index in [1.54, 1.807) is 0 Å². The van der Waals surface area contributed by atoms with E-state index in [4.69, 9.17) is 0 Å². The van der Waals surface area contributed by atoms with E-state index in [1.807, 2.05) is 6.07 Å². The van der Waals surface area contributed by atoms with Gasteiger partial charge in [-0.3, -0.25) is 4.79 Å². The summed E-state index contributed by atoms with van der Waals surface area (Å²) in [6, 6.07) is 16.9. The topological polar surface area (TPSA) is 26.8 Å². The second-order valence-corrected chi connectivity index (χ2v) is 7.54. The van der Waals surface area contributed by atoms with E-state index in [1.165, 1.54) is 22.4 Å². The van der Waals surface area contributed by atoms with E-state index in [9.17, 15) is 4.79 Å². The van der Waals surface area contributed by atoms with E-state index in [2.05, 4.69) is 71.1 Å². The maximum atomic E-state index is 13.3. The predicted molar refractivity (Wildman–Crippen MR) is 105 cm³/mol. The van der Waals surface area contributed by atoms with Gasteiger partial charge in [-0.15, -0.1) is 0 Å². The molecule has 0 saturated carbocycles. The first-order valence-corrected chi connectivity index (χ1v) is 9.49. The van der Waals surface area contributed by atoms with Crippen LogP contribution in [0, 0.1) is 6.92 Å². The molecule has 4 heteroatoms. The molecule has 0 spiro atoms. The highest BCUT2D eigenvalue weighted by Crippen LogP contribution is 2.32. The van der Waals surface area contributed by atoms with Crippen LogP contribution in [0.15, 0.2) is 48.5 Å². The molecule has 0 bridgehead atoms. The van der Waals surface area contributed by atoms with Gasteiger partial charge in [0.15, 0.2) is 0 Å². The molecule has 2 aromatic carbocycles. The quantitative estimate of drug-likeness (QED) is 0.834. The summed E-state index contributed by atoms with van der Waals surface area (Å²) >= 11 is 0. The third kappa shape index (κ3) is 3.21. The van der Waals surface area contributed by atoms with Gasteiger partial charge < -0.3 is 14.7 Å². The largest absolute Gasteiger partial charge is 0.368 e. The van der Waals surface area contributed by atoms with Gasteiger partial charge in [0.05, 0.1) is 5.92 Å². The number of likely N-dealkylation sites (N-methyl/N-ethyl adjacent to an activating group) is 1. The lowest BCUT2D eigenvalue weighted by Gasteiger charge is -2.40. The van der Waals surface area contributed by atoms with Crippen LogP contribution in [-0.4, -0.2) is 55.5 Å². The number of hydrogen-bond acceptors (Lipinski definition) is 3. The molecule has 1 saturated heterocycles. The second-order valence-electron chi connectivity index (χ2n) is 7.54. The van der Waals surface area contributed by atoms with Crippen LogP contribution in [0.5, 0.6) is 0 Å². The Morgan fingerprint density at radius 1 is 0.962 bits per heavy atom. The summed E-state index contributed by atoms with van der Waals surface area (Å²) in [5.41, 5.74) is 5.07. The van der Waals surface area contributed by atoms with Gasteiger partial charge >= 0.3 is 0 Å². The van der Waals surface area contributed by atoms with Crippen molar-refractivity contribution in [2.75, 3.05) is 44.7 Å². The molecule has 1 fully saturated rings. The minimum Gasteiger partial charge on any atom is -0.368 e. The molecule has 4 nitrogen and oxygen atoms in total. The Balaban J connectivity index is 1.49. The summed E-state index contributed by atoms with van der Waals surface area (Å²) in [4.78, 5) is 20.0. The summed E-state index contributed by atoms with van der Waals surface area (Å²) in [7, 11) is 2.11. The van der Waals surface area contributed by atoms with Crippen molar-refractivity contribution in [1.82, 2.24) is 9.80 Å². The fourth-order valence-corrected chi connectivity index (χ4v) is 4.38. The molecule has 4 rings (SSSR count). The number of rotatable bonds is 2. The lowest BCUT2D eigenvalue weighted by molar-refractivity contribution is -0.133. The number of piperazine rings is 1. The number of aryl methyl sites for hydroxylation is 1. The molecule has 1 amide bonds. The first kappa shape index (κ1) is 17.1. The molecule has 0 aliphatic carbocycles. The average molecular weight is 349 g/mol. The number of carbonyl (C=O) groups is 1. The van der Waals surface area contributed by atoms with Gasteiger partial charge in [0, 0.05) is 45.0 Å². The molecule has 1 atom stereocenters. The van der Waals surface area contributed by atoms with Crippen LogP contribution in [0.3, 0.4) is 0 Å². The molecule has 136 valence electrons. The summed E-state index contributed by atoms with van der Waals surface area (Å²) < 4.78 is 0. The van der Waals surface area contributed by atoms with Crippen LogP contribution < -0.4 is 4.90 Å². The molecule has 1 unspecified atom stereocenters. The van der Waals surface area contributed by atoms with Gasteiger partial charge in [-0.25, -0.2) is 0 Å². The maximum Gasteiger partial charge on any atom is 0.231 e. The van der Waals surface area contributed by atoms with E-state index in [-0.39, 0.29) is 5.92 Å². The summed E-state index contributed by atoms with van der Waals surface area (Å²) in [6.07, 6.45) is 0. The van der Waals surface area contributed by atoms with Crippen molar-refractivity contribution in [2.24, 2.45) is 0 Å². The average Bonchev–Trinajstić information content (AvgIpc) is 2.67. The van der Waals surface area contributed by atoms with Gasteiger partial charge in [0.2, 0.25) is 5.91 Å². The van der Waals surface area contributed by atoms with Crippen molar-refractivity contribution in [3.63, 3.8) is 0 Å². The number of hydrogen-bond donors (Lipinski definition) is 0. The molecule has 2 aromatic rings. The minimum absolute atomic E-state index is 0.0341. The number of benzene rings is 2. The van der Waals surface area contributed by atoms with Crippen molar-refractivity contribution in [1.29, 1.82) is 0 Å². The number of carbonyl (C=O) groups excluding carboxylic acids is 1. The van der Waals surface area contributed by atoms with Crippen LogP contribution in [0.25, 0.3) is 0 Å². The Morgan fingerprint density at radius 2 is 1.69 bits per heavy atom. The Hall–Kier alpha value is -2.33. The molecule has 0 N–H and O–H groups in total. The molecule has 26 heavy (non-hydrogen) atoms. The van der Waals surface area contributed by atoms with Crippen molar-refractivity contribution in [3.8, 4) is 0 Å². The highest BCUT2D eigenvalue weighted by atomic mass is 16.2. The maximum absolute atomic E-state index is 13.3. The zero-order valence-corrected chi connectivity index (χ0v) is 15.7. The number of fused-ring (bicyclic) bond motifs is 1. The summed E-state index contributed by atoms with van der Waals surface area (Å²) in [5, 5.41) is 0. The molecular formula is C22H27N3O. The summed E-state index contributed by atoms with van der Waals surface area (Å²) in [6.45, 7) is 7.29. The highest BCUT2D eigenvalue weighted by Gasteiger charge is 2.34. The zero-order chi connectivity index (χ0) is 18.1. The molecule has 2 aliphatic heterocycles. The third-order valence-corrected chi connectivity index (χ3v) is 5.71. The van der Waals surface area contributed by atoms with Crippen LogP contribution >= 0.6 is 0 Å². The smallest absolute Gasteiger partial charge is 0.231 e. The van der Waals surface area contributed by atoms with Gasteiger partial charge in [-0.1, -0.05) is 36.4 Å². The van der Waals surface area contributed by atoms with E-state index in [0.29, 0.717) is 5.91 Å². The Kier molecular flexibility index (Phi) is 4.68. The number of anilines is 1. The van der Waals surface area contributed by atoms with Crippen molar-refractivity contribution in [2.45, 2.75) is 19.4 Å². The summed E-state index contributed by atoms with van der Waals surface area (Å²) in [5.74, 6) is 0.257. The molecule has 2 aliphatic rings. The van der Waals surface area contributed by atoms with Crippen LogP contribution in [0.2, 0.25) is 0 Å². The van der Waals surface area contributed by atoms with Crippen molar-refractivity contribution >= 4 is 11.6 Å². The van der Waals surface area contributed by atoms with Crippen LogP contribution in [0.4, 0.5) is 5.69 Å². The first-order chi connectivity index (χ1) is 12.6. The number of nitrogens with zero attached hydrogens (tertiary/aromatic N) is 3. The Morgan fingerprint density at radius 3 is 2.42 bits per heavy atom. The number of para-hydroxylation sites is 1. The van der Waals surface area contributed by atoms with Gasteiger partial charge in [-0.2, -0.15) is 0 Å². The Labute approximate surface area is 156 Å². The standard InChI is InChI=1S/C22H27N3O/c1-17-7-6-8-18-15-23(2)16-20(21(17)18)22(26)25-13-11-24(12-14-25)19-9-4-3-5-10-19/h3-10,20H,11-16H2,1-2H3. The fraction of sp³-hybridized carbons (Fsp3) is 0.409. The fourth-order valence-electron chi connectivity index (χ4n) is 4.38. The Bertz CT molecular complexity index is 781. The second kappa shape index (κ2) is 7.12. The van der Waals surface area contributed by atoms with Crippen LogP contribution in [0.1, 0.15) is 22.6 Å². The molecule has 2 heterocycles. The van der Waals surface area contributed by atoms with Gasteiger partial charge in [-0.05, 0) is 42.8 Å². The van der Waals surface area contributed by atoms with Crippen molar-refractivity contribution < 1.29 is 4.79 Å². The predicted octanol–water partition coefficient (Wildman–Crippen LogP) is 2.87. The lowest BCUT2D eigenvalue weighted by atomic mass is 9.85. The van der Waals surface area contributed by atoms with Gasteiger partial charge in [0.1, 0.15) is 0 Å². The van der Waals surface area contributed by atoms with E-state index in [0.717, 1.165) is 39.3 Å². The SMILES string of the molecule is Cc1cccc2c1C(C(=O)N1CCN(c3ccccc3)CC1)CN(C)C2. The van der Waals surface area contributed by atoms with E-state index >= 15 is 0 Å². The van der Waals surface area contributed by atoms with Crippen LogP contribution in [-0.2, 0) is 11.3 Å². The normalized spacial score (nSPS) is 20.8. The lowest BCUT2D eigenvalue weighted by Crippen LogP contribution is -2.51. The first-order valence-electron chi connectivity index (χ1n) is 9.49. The monoisotopic (exact) mass is 349 g/mol. The molecule has 0 radical (unpaired) electrons. The van der Waals surface area contributed by atoms with E-state index < -0.39 is 0 Å². The number of amides is 1.